The van der Waals surface area contributed by atoms with Gasteiger partial charge in [-0.05, 0) is 26.0 Å². The van der Waals surface area contributed by atoms with E-state index in [-0.39, 0.29) is 6.29 Å². The van der Waals surface area contributed by atoms with E-state index in [1.54, 1.807) is 6.07 Å². The van der Waals surface area contributed by atoms with Crippen molar-refractivity contribution in [1.29, 1.82) is 0 Å². The Hall–Kier alpha value is -1.26. The lowest BCUT2D eigenvalue weighted by atomic mass is 10.3. The molecule has 0 radical (unpaired) electrons. The molecular formula is C13H21NO3. The fourth-order valence-corrected chi connectivity index (χ4v) is 1.46. The van der Waals surface area contributed by atoms with E-state index >= 15 is 0 Å². The van der Waals surface area contributed by atoms with Crippen molar-refractivity contribution in [3.63, 3.8) is 0 Å². The largest absolute Gasteiger partial charge is 0.493 e. The Labute approximate surface area is 103 Å². The highest BCUT2D eigenvalue weighted by molar-refractivity contribution is 5.43. The van der Waals surface area contributed by atoms with Crippen LogP contribution in [-0.2, 0) is 9.47 Å². The summed E-state index contributed by atoms with van der Waals surface area (Å²) in [7, 11) is 0. The quantitative estimate of drug-likeness (QED) is 0.559. The van der Waals surface area contributed by atoms with Crippen molar-refractivity contribution >= 4 is 5.69 Å². The van der Waals surface area contributed by atoms with Gasteiger partial charge in [-0.1, -0.05) is 6.07 Å². The number of rotatable bonds is 8. The summed E-state index contributed by atoms with van der Waals surface area (Å²) in [5.74, 6) is 0.775. The third-order valence-corrected chi connectivity index (χ3v) is 2.19. The Balaban J connectivity index is 2.30. The highest BCUT2D eigenvalue weighted by Crippen LogP contribution is 2.15. The van der Waals surface area contributed by atoms with E-state index in [4.69, 9.17) is 19.9 Å². The number of hydrogen-bond acceptors (Lipinski definition) is 4. The summed E-state index contributed by atoms with van der Waals surface area (Å²) in [5.41, 5.74) is 6.36. The predicted octanol–water partition coefficient (Wildman–Crippen LogP) is 2.44. The molecule has 0 aliphatic rings. The average molecular weight is 239 g/mol. The number of hydrogen-bond donors (Lipinski definition) is 1. The van der Waals surface area contributed by atoms with Crippen LogP contribution in [0.2, 0.25) is 0 Å². The van der Waals surface area contributed by atoms with Gasteiger partial charge in [-0.3, -0.25) is 0 Å². The van der Waals surface area contributed by atoms with Crippen molar-refractivity contribution in [3.05, 3.63) is 24.3 Å². The molecule has 0 aromatic heterocycles. The molecule has 0 unspecified atom stereocenters. The molecule has 0 saturated heterocycles. The van der Waals surface area contributed by atoms with Crippen molar-refractivity contribution in [2.24, 2.45) is 0 Å². The number of nitrogen functional groups attached to an aromatic ring is 1. The van der Waals surface area contributed by atoms with Crippen LogP contribution in [0.15, 0.2) is 24.3 Å². The lowest BCUT2D eigenvalue weighted by molar-refractivity contribution is -0.142. The minimum Gasteiger partial charge on any atom is -0.493 e. The molecule has 0 atom stereocenters. The Kier molecular flexibility index (Phi) is 6.43. The van der Waals surface area contributed by atoms with E-state index in [9.17, 15) is 0 Å². The molecule has 0 heterocycles. The summed E-state index contributed by atoms with van der Waals surface area (Å²) in [4.78, 5) is 0. The van der Waals surface area contributed by atoms with Crippen molar-refractivity contribution in [2.75, 3.05) is 25.6 Å². The number of benzene rings is 1. The molecule has 1 aromatic rings. The zero-order valence-corrected chi connectivity index (χ0v) is 10.5. The van der Waals surface area contributed by atoms with Gasteiger partial charge in [0.05, 0.1) is 6.61 Å². The minimum absolute atomic E-state index is 0.189. The predicted molar refractivity (Wildman–Crippen MR) is 68.0 cm³/mol. The second-order valence-corrected chi connectivity index (χ2v) is 3.55. The maximum absolute atomic E-state index is 5.66. The van der Waals surface area contributed by atoms with Gasteiger partial charge in [-0.15, -0.1) is 0 Å². The van der Waals surface area contributed by atoms with Gasteiger partial charge in [0.1, 0.15) is 5.75 Å². The summed E-state index contributed by atoms with van der Waals surface area (Å²) in [5, 5.41) is 0. The first-order valence-electron chi connectivity index (χ1n) is 5.97. The molecule has 0 bridgehead atoms. The number of anilines is 1. The molecule has 0 amide bonds. The summed E-state index contributed by atoms with van der Waals surface area (Å²) < 4.78 is 16.4. The zero-order chi connectivity index (χ0) is 12.5. The van der Waals surface area contributed by atoms with Gasteiger partial charge in [0.15, 0.2) is 6.29 Å². The topological polar surface area (TPSA) is 53.7 Å². The molecule has 2 N–H and O–H groups in total. The maximum atomic E-state index is 5.66. The second kappa shape index (κ2) is 7.92. The van der Waals surface area contributed by atoms with Gasteiger partial charge in [0, 0.05) is 31.4 Å². The van der Waals surface area contributed by atoms with Gasteiger partial charge >= 0.3 is 0 Å². The van der Waals surface area contributed by atoms with E-state index in [1.165, 1.54) is 0 Å². The molecule has 0 saturated carbocycles. The van der Waals surface area contributed by atoms with E-state index in [2.05, 4.69) is 0 Å². The molecule has 0 aliphatic heterocycles. The highest BCUT2D eigenvalue weighted by atomic mass is 16.7. The number of ether oxygens (including phenoxy) is 3. The van der Waals surface area contributed by atoms with E-state index in [0.29, 0.717) is 31.9 Å². The summed E-state index contributed by atoms with van der Waals surface area (Å²) in [6.45, 7) is 5.73. The number of nitrogens with two attached hydrogens (primary N) is 1. The fraction of sp³-hybridized carbons (Fsp3) is 0.538. The molecule has 0 fully saturated rings. The van der Waals surface area contributed by atoms with Crippen molar-refractivity contribution in [2.45, 2.75) is 26.6 Å². The van der Waals surface area contributed by atoms with Crippen LogP contribution in [-0.4, -0.2) is 26.1 Å². The molecule has 17 heavy (non-hydrogen) atoms. The van der Waals surface area contributed by atoms with E-state index in [1.807, 2.05) is 32.0 Å². The van der Waals surface area contributed by atoms with Gasteiger partial charge in [0.2, 0.25) is 0 Å². The van der Waals surface area contributed by atoms with Gasteiger partial charge in [-0.2, -0.15) is 0 Å². The normalized spacial score (nSPS) is 10.8. The Bertz CT molecular complexity index is 311. The molecule has 1 rings (SSSR count). The maximum Gasteiger partial charge on any atom is 0.160 e. The minimum atomic E-state index is -0.189. The third kappa shape index (κ3) is 5.56. The fourth-order valence-electron chi connectivity index (χ4n) is 1.46. The van der Waals surface area contributed by atoms with Crippen molar-refractivity contribution in [3.8, 4) is 5.75 Å². The average Bonchev–Trinajstić information content (AvgIpc) is 2.30. The third-order valence-electron chi connectivity index (χ3n) is 2.19. The molecule has 1 aromatic carbocycles. The zero-order valence-electron chi connectivity index (χ0n) is 10.5. The van der Waals surface area contributed by atoms with Crippen LogP contribution in [0, 0.1) is 0 Å². The first kappa shape index (κ1) is 13.8. The Morgan fingerprint density at radius 1 is 1.18 bits per heavy atom. The van der Waals surface area contributed by atoms with E-state index < -0.39 is 0 Å². The summed E-state index contributed by atoms with van der Waals surface area (Å²) in [6.07, 6.45) is 0.516. The van der Waals surface area contributed by atoms with Crippen LogP contribution in [0.1, 0.15) is 20.3 Å². The lowest BCUT2D eigenvalue weighted by Gasteiger charge is -2.17. The second-order valence-electron chi connectivity index (χ2n) is 3.55. The molecule has 4 heteroatoms. The van der Waals surface area contributed by atoms with Crippen LogP contribution in [0.4, 0.5) is 5.69 Å². The van der Waals surface area contributed by atoms with Crippen LogP contribution in [0.5, 0.6) is 5.75 Å². The van der Waals surface area contributed by atoms with Crippen LogP contribution >= 0.6 is 0 Å². The van der Waals surface area contributed by atoms with Gasteiger partial charge in [-0.25, -0.2) is 0 Å². The van der Waals surface area contributed by atoms with Gasteiger partial charge < -0.3 is 19.9 Å². The Morgan fingerprint density at radius 3 is 2.47 bits per heavy atom. The molecule has 0 spiro atoms. The smallest absolute Gasteiger partial charge is 0.160 e. The summed E-state index contributed by atoms with van der Waals surface area (Å²) >= 11 is 0. The standard InChI is InChI=1S/C13H21NO3/c1-3-15-13(16-4-2)8-9-17-12-7-5-6-11(14)10-12/h5-7,10,13H,3-4,8-9,14H2,1-2H3. The first-order chi connectivity index (χ1) is 8.26. The Morgan fingerprint density at radius 2 is 1.88 bits per heavy atom. The van der Waals surface area contributed by atoms with Crippen molar-refractivity contribution < 1.29 is 14.2 Å². The highest BCUT2D eigenvalue weighted by Gasteiger charge is 2.07. The first-order valence-corrected chi connectivity index (χ1v) is 5.97. The van der Waals surface area contributed by atoms with Crippen LogP contribution in [0.25, 0.3) is 0 Å². The van der Waals surface area contributed by atoms with Crippen LogP contribution in [0.3, 0.4) is 0 Å². The SMILES string of the molecule is CCOC(CCOc1cccc(N)c1)OCC. The van der Waals surface area contributed by atoms with Gasteiger partial charge in [0.25, 0.3) is 0 Å². The van der Waals surface area contributed by atoms with Crippen molar-refractivity contribution in [1.82, 2.24) is 0 Å². The molecule has 4 nitrogen and oxygen atoms in total. The van der Waals surface area contributed by atoms with E-state index in [0.717, 1.165) is 5.75 Å². The summed E-state index contributed by atoms with van der Waals surface area (Å²) in [6, 6.07) is 7.38. The monoisotopic (exact) mass is 239 g/mol. The lowest BCUT2D eigenvalue weighted by Crippen LogP contribution is -2.20. The molecule has 96 valence electrons. The van der Waals surface area contributed by atoms with Crippen LogP contribution < -0.4 is 10.5 Å². The molecular weight excluding hydrogens is 218 g/mol. The molecule has 0 aliphatic carbocycles.